The zero-order valence-electron chi connectivity index (χ0n) is 8.75. The van der Waals surface area contributed by atoms with Crippen molar-refractivity contribution in [2.24, 2.45) is 0 Å². The summed E-state index contributed by atoms with van der Waals surface area (Å²) < 4.78 is 11.1. The number of hydrogen-bond acceptors (Lipinski definition) is 2. The van der Waals surface area contributed by atoms with Crippen molar-refractivity contribution in [1.82, 2.24) is 0 Å². The minimum Gasteiger partial charge on any atom is -0.485 e. The Bertz CT molecular complexity index is 322. The first-order valence-electron chi connectivity index (χ1n) is 4.99. The lowest BCUT2D eigenvalue weighted by molar-refractivity contribution is -0.0105. The van der Waals surface area contributed by atoms with E-state index in [1.807, 2.05) is 12.1 Å². The molecule has 1 unspecified atom stereocenters. The highest BCUT2D eigenvalue weighted by Gasteiger charge is 2.31. The van der Waals surface area contributed by atoms with Crippen molar-refractivity contribution in [3.8, 4) is 5.75 Å². The van der Waals surface area contributed by atoms with Gasteiger partial charge in [-0.25, -0.2) is 0 Å². The Hall–Kier alpha value is -1.02. The van der Waals surface area contributed by atoms with Gasteiger partial charge >= 0.3 is 0 Å². The van der Waals surface area contributed by atoms with E-state index in [1.54, 1.807) is 7.11 Å². The van der Waals surface area contributed by atoms with Crippen molar-refractivity contribution in [2.75, 3.05) is 13.7 Å². The van der Waals surface area contributed by atoms with Crippen molar-refractivity contribution < 1.29 is 9.47 Å². The Morgan fingerprint density at radius 2 is 2.21 bits per heavy atom. The highest BCUT2D eigenvalue weighted by Crippen LogP contribution is 2.32. The van der Waals surface area contributed by atoms with Crippen molar-refractivity contribution in [3.05, 3.63) is 29.8 Å². The van der Waals surface area contributed by atoms with Gasteiger partial charge in [0.25, 0.3) is 0 Å². The Labute approximate surface area is 84.8 Å². The van der Waals surface area contributed by atoms with E-state index in [0.29, 0.717) is 6.61 Å². The molecular weight excluding hydrogens is 176 g/mol. The zero-order valence-corrected chi connectivity index (χ0v) is 8.75. The summed E-state index contributed by atoms with van der Waals surface area (Å²) in [7, 11) is 1.72. The molecule has 0 spiro atoms. The zero-order chi connectivity index (χ0) is 10.0. The van der Waals surface area contributed by atoms with E-state index in [2.05, 4.69) is 19.1 Å². The minimum absolute atomic E-state index is 0.150. The Kier molecular flexibility index (Phi) is 2.46. The highest BCUT2D eigenvalue weighted by atomic mass is 16.5. The molecule has 0 aliphatic carbocycles. The molecule has 1 aliphatic heterocycles. The average molecular weight is 192 g/mol. The van der Waals surface area contributed by atoms with Gasteiger partial charge in [-0.05, 0) is 31.4 Å². The van der Waals surface area contributed by atoms with Crippen LogP contribution in [0.15, 0.2) is 24.3 Å². The van der Waals surface area contributed by atoms with Gasteiger partial charge in [-0.15, -0.1) is 0 Å². The number of aryl methyl sites for hydroxylation is 1. The second-order valence-electron chi connectivity index (χ2n) is 4.09. The minimum atomic E-state index is -0.150. The monoisotopic (exact) mass is 192 g/mol. The second kappa shape index (κ2) is 3.62. The molecule has 0 aromatic heterocycles. The second-order valence-corrected chi connectivity index (χ2v) is 4.09. The standard InChI is InChI=1S/C12H16O2/c1-12(9-13-2)8-7-10-5-3-4-6-11(10)14-12/h3-6H,7-9H2,1-2H3. The maximum absolute atomic E-state index is 5.93. The molecule has 1 heterocycles. The Balaban J connectivity index is 2.20. The molecule has 0 amide bonds. The first kappa shape index (κ1) is 9.53. The molecule has 0 saturated carbocycles. The summed E-state index contributed by atoms with van der Waals surface area (Å²) >= 11 is 0. The fourth-order valence-electron chi connectivity index (χ4n) is 1.93. The van der Waals surface area contributed by atoms with E-state index in [1.165, 1.54) is 5.56 Å². The predicted octanol–water partition coefficient (Wildman–Crippen LogP) is 2.42. The molecule has 0 N–H and O–H groups in total. The van der Waals surface area contributed by atoms with Gasteiger partial charge in [0.2, 0.25) is 0 Å². The first-order chi connectivity index (χ1) is 6.73. The van der Waals surface area contributed by atoms with E-state index < -0.39 is 0 Å². The van der Waals surface area contributed by atoms with Gasteiger partial charge in [0.05, 0.1) is 6.61 Å². The van der Waals surface area contributed by atoms with Crippen molar-refractivity contribution in [3.63, 3.8) is 0 Å². The van der Waals surface area contributed by atoms with Gasteiger partial charge in [0, 0.05) is 7.11 Å². The van der Waals surface area contributed by atoms with Crippen LogP contribution in [0.3, 0.4) is 0 Å². The lowest BCUT2D eigenvalue weighted by Gasteiger charge is -2.35. The number of benzene rings is 1. The summed E-state index contributed by atoms with van der Waals surface area (Å²) in [6.45, 7) is 2.76. The largest absolute Gasteiger partial charge is 0.485 e. The third-order valence-electron chi connectivity index (χ3n) is 2.70. The maximum Gasteiger partial charge on any atom is 0.130 e. The van der Waals surface area contributed by atoms with Crippen LogP contribution < -0.4 is 4.74 Å². The fourth-order valence-corrected chi connectivity index (χ4v) is 1.93. The van der Waals surface area contributed by atoms with Crippen LogP contribution in [0.1, 0.15) is 18.9 Å². The van der Waals surface area contributed by atoms with Crippen LogP contribution in [0.5, 0.6) is 5.75 Å². The summed E-state index contributed by atoms with van der Waals surface area (Å²) in [5.74, 6) is 1.01. The molecular formula is C12H16O2. The third kappa shape index (κ3) is 1.75. The average Bonchev–Trinajstić information content (AvgIpc) is 2.17. The highest BCUT2D eigenvalue weighted by molar-refractivity contribution is 5.35. The van der Waals surface area contributed by atoms with Gasteiger partial charge in [-0.1, -0.05) is 18.2 Å². The van der Waals surface area contributed by atoms with Gasteiger partial charge in [0.1, 0.15) is 11.4 Å². The van der Waals surface area contributed by atoms with Crippen LogP contribution in [-0.2, 0) is 11.2 Å². The summed E-state index contributed by atoms with van der Waals surface area (Å²) in [5.41, 5.74) is 1.16. The SMILES string of the molecule is COCC1(C)CCc2ccccc2O1. The van der Waals surface area contributed by atoms with Gasteiger partial charge in [-0.2, -0.15) is 0 Å². The summed E-state index contributed by atoms with van der Waals surface area (Å²) in [6.07, 6.45) is 2.11. The number of para-hydroxylation sites is 1. The maximum atomic E-state index is 5.93. The topological polar surface area (TPSA) is 18.5 Å². The van der Waals surface area contributed by atoms with E-state index >= 15 is 0 Å². The van der Waals surface area contributed by atoms with Crippen molar-refractivity contribution in [2.45, 2.75) is 25.4 Å². The lowest BCUT2D eigenvalue weighted by Crippen LogP contribution is -2.40. The molecule has 76 valence electrons. The number of methoxy groups -OCH3 is 1. The lowest BCUT2D eigenvalue weighted by atomic mass is 9.93. The summed E-state index contributed by atoms with van der Waals surface area (Å²) in [5, 5.41) is 0. The molecule has 1 aromatic carbocycles. The molecule has 2 nitrogen and oxygen atoms in total. The van der Waals surface area contributed by atoms with Crippen LogP contribution in [0.25, 0.3) is 0 Å². The van der Waals surface area contributed by atoms with Gasteiger partial charge in [-0.3, -0.25) is 0 Å². The molecule has 1 aromatic rings. The number of fused-ring (bicyclic) bond motifs is 1. The summed E-state index contributed by atoms with van der Waals surface area (Å²) in [4.78, 5) is 0. The van der Waals surface area contributed by atoms with Crippen molar-refractivity contribution >= 4 is 0 Å². The van der Waals surface area contributed by atoms with E-state index in [-0.39, 0.29) is 5.60 Å². The van der Waals surface area contributed by atoms with Crippen molar-refractivity contribution in [1.29, 1.82) is 0 Å². The van der Waals surface area contributed by atoms with Gasteiger partial charge in [0.15, 0.2) is 0 Å². The molecule has 1 aliphatic rings. The molecule has 0 bridgehead atoms. The fraction of sp³-hybridized carbons (Fsp3) is 0.500. The van der Waals surface area contributed by atoms with E-state index in [0.717, 1.165) is 18.6 Å². The normalized spacial score (nSPS) is 25.3. The predicted molar refractivity (Wildman–Crippen MR) is 55.7 cm³/mol. The van der Waals surface area contributed by atoms with Crippen LogP contribution >= 0.6 is 0 Å². The smallest absolute Gasteiger partial charge is 0.130 e. The van der Waals surface area contributed by atoms with E-state index in [4.69, 9.17) is 9.47 Å². The molecule has 0 radical (unpaired) electrons. The van der Waals surface area contributed by atoms with Crippen LogP contribution in [-0.4, -0.2) is 19.3 Å². The molecule has 2 heteroatoms. The Morgan fingerprint density at radius 1 is 1.43 bits per heavy atom. The molecule has 2 rings (SSSR count). The number of ether oxygens (including phenoxy) is 2. The molecule has 0 saturated heterocycles. The number of hydrogen-bond donors (Lipinski definition) is 0. The summed E-state index contributed by atoms with van der Waals surface area (Å²) in [6, 6.07) is 8.22. The molecule has 0 fully saturated rings. The third-order valence-corrected chi connectivity index (χ3v) is 2.70. The molecule has 1 atom stereocenters. The van der Waals surface area contributed by atoms with Crippen LogP contribution in [0.2, 0.25) is 0 Å². The quantitative estimate of drug-likeness (QED) is 0.716. The Morgan fingerprint density at radius 3 is 3.00 bits per heavy atom. The molecule has 14 heavy (non-hydrogen) atoms. The van der Waals surface area contributed by atoms with E-state index in [9.17, 15) is 0 Å². The van der Waals surface area contributed by atoms with Gasteiger partial charge < -0.3 is 9.47 Å². The first-order valence-corrected chi connectivity index (χ1v) is 4.99. The van der Waals surface area contributed by atoms with Crippen LogP contribution in [0.4, 0.5) is 0 Å². The number of rotatable bonds is 2. The van der Waals surface area contributed by atoms with Crippen LogP contribution in [0, 0.1) is 0 Å².